The van der Waals surface area contributed by atoms with Gasteiger partial charge in [-0.15, -0.1) is 0 Å². The standard InChI is InChI=1S/C60H6.C9H18O2/c1-3-5-7-9-11-13-15-17-19-21-23-25-27-29-31-33-35-37-39-41-43-45-47-49-51-53-55-57-59-60-58-56-54-52-50-48-46-44-42-40-38-36-34-32-30-28-26-24-22-20-18-16-14-12-10-8-6-4-2;1-8(2)7-11-9-5-3-4-6-10-9/h1-2H3;8-9H,3-7H2,1-2H3. The smallest absolute Gasteiger partial charge is 0.157 e. The molecule has 1 heterocycles. The van der Waals surface area contributed by atoms with Crippen molar-refractivity contribution >= 4 is 0 Å². The van der Waals surface area contributed by atoms with Crippen molar-refractivity contribution in [2.24, 2.45) is 5.92 Å². The van der Waals surface area contributed by atoms with E-state index >= 15 is 0 Å². The van der Waals surface area contributed by atoms with Crippen LogP contribution in [-0.4, -0.2) is 19.5 Å². The van der Waals surface area contributed by atoms with Gasteiger partial charge in [-0.2, -0.15) is 0 Å². The Hall–Kier alpha value is -12.8. The fourth-order valence-corrected chi connectivity index (χ4v) is 2.95. The molecular formula is C69H24O2. The first kappa shape index (κ1) is 58.2. The van der Waals surface area contributed by atoms with Crippen LogP contribution in [-0.2, 0) is 9.47 Å². The lowest BCUT2D eigenvalue weighted by Gasteiger charge is -2.23. The summed E-state index contributed by atoms with van der Waals surface area (Å²) in [5.41, 5.74) is 0. The molecule has 0 saturated carbocycles. The maximum Gasteiger partial charge on any atom is 0.157 e. The minimum Gasteiger partial charge on any atom is -0.353 e. The zero-order chi connectivity index (χ0) is 51.1. The van der Waals surface area contributed by atoms with Gasteiger partial charge < -0.3 is 9.47 Å². The molecule has 0 spiro atoms. The Kier molecular flexibility index (Phi) is 43.7. The normalized spacial score (nSPS) is 7.37. The molecule has 1 saturated heterocycles. The fourth-order valence-electron chi connectivity index (χ4n) is 2.95. The van der Waals surface area contributed by atoms with Gasteiger partial charge in [-0.05, 0) is 134 Å². The molecule has 0 bridgehead atoms. The largest absolute Gasteiger partial charge is 0.353 e. The summed E-state index contributed by atoms with van der Waals surface area (Å²) in [5, 5.41) is 0. The summed E-state index contributed by atoms with van der Waals surface area (Å²) in [6.07, 6.45) is 3.61. The molecule has 2 nitrogen and oxygen atoms in total. The Morgan fingerprint density at radius 3 is 0.577 bits per heavy atom. The third kappa shape index (κ3) is 53.2. The summed E-state index contributed by atoms with van der Waals surface area (Å²) < 4.78 is 10.9. The first-order valence-corrected chi connectivity index (χ1v) is 19.8. The van der Waals surface area contributed by atoms with Gasteiger partial charge in [-0.25, -0.2) is 0 Å². The summed E-state index contributed by atoms with van der Waals surface area (Å²) in [6.45, 7) is 9.38. The topological polar surface area (TPSA) is 18.5 Å². The first-order valence-electron chi connectivity index (χ1n) is 19.8. The minimum absolute atomic E-state index is 0.0890. The maximum absolute atomic E-state index is 5.52. The molecule has 0 aliphatic carbocycles. The molecule has 0 N–H and O–H groups in total. The van der Waals surface area contributed by atoms with E-state index in [4.69, 9.17) is 9.47 Å². The van der Waals surface area contributed by atoms with Gasteiger partial charge in [-0.1, -0.05) is 25.7 Å². The van der Waals surface area contributed by atoms with E-state index in [1.54, 1.807) is 13.8 Å². The molecule has 1 aliphatic rings. The van der Waals surface area contributed by atoms with Crippen LogP contribution in [0.25, 0.3) is 0 Å². The Labute approximate surface area is 423 Å². The predicted octanol–water partition coefficient (Wildman–Crippen LogP) is 3.31. The van der Waals surface area contributed by atoms with Gasteiger partial charge in [0.2, 0.25) is 0 Å². The van der Waals surface area contributed by atoms with Crippen LogP contribution < -0.4 is 0 Å². The van der Waals surface area contributed by atoms with Crippen molar-refractivity contribution < 1.29 is 9.47 Å². The Morgan fingerprint density at radius 1 is 0.282 bits per heavy atom. The quantitative estimate of drug-likeness (QED) is 0.406. The molecule has 312 valence electrons. The van der Waals surface area contributed by atoms with Crippen molar-refractivity contribution in [1.82, 2.24) is 0 Å². The van der Waals surface area contributed by atoms with Crippen LogP contribution in [0, 0.1) is 349 Å². The zero-order valence-electron chi connectivity index (χ0n) is 38.5. The molecule has 2 heteroatoms. The number of hydrogen-bond donors (Lipinski definition) is 0. The minimum atomic E-state index is 0.0890. The van der Waals surface area contributed by atoms with Crippen molar-refractivity contribution in [3.8, 4) is 343 Å². The second-order valence-corrected chi connectivity index (χ2v) is 11.0. The molecule has 0 aromatic carbocycles. The molecule has 1 aliphatic heterocycles. The highest BCUT2D eigenvalue weighted by Gasteiger charge is 2.13. The van der Waals surface area contributed by atoms with Gasteiger partial charge in [0.25, 0.3) is 0 Å². The molecule has 71 heavy (non-hydrogen) atoms. The lowest BCUT2D eigenvalue weighted by Crippen LogP contribution is -2.23. The maximum atomic E-state index is 5.52. The highest BCUT2D eigenvalue weighted by Crippen LogP contribution is 2.14. The highest BCUT2D eigenvalue weighted by molar-refractivity contribution is 5.52. The van der Waals surface area contributed by atoms with E-state index in [1.165, 1.54) is 12.8 Å². The van der Waals surface area contributed by atoms with Crippen LogP contribution in [0.4, 0.5) is 0 Å². The van der Waals surface area contributed by atoms with Crippen molar-refractivity contribution in [3.05, 3.63) is 0 Å². The lowest BCUT2D eigenvalue weighted by molar-refractivity contribution is -0.167. The van der Waals surface area contributed by atoms with Gasteiger partial charge in [0.1, 0.15) is 0 Å². The summed E-state index contributed by atoms with van der Waals surface area (Å²) in [7, 11) is 0. The average Bonchev–Trinajstić information content (AvgIpc) is 3.38. The van der Waals surface area contributed by atoms with E-state index in [-0.39, 0.29) is 6.29 Å². The summed E-state index contributed by atoms with van der Waals surface area (Å²) in [4.78, 5) is 0. The van der Waals surface area contributed by atoms with Crippen LogP contribution in [0.15, 0.2) is 0 Å². The van der Waals surface area contributed by atoms with Gasteiger partial charge in [-0.3, -0.25) is 0 Å². The van der Waals surface area contributed by atoms with E-state index < -0.39 is 0 Å². The van der Waals surface area contributed by atoms with Gasteiger partial charge in [0.15, 0.2) is 6.29 Å². The van der Waals surface area contributed by atoms with Crippen LogP contribution >= 0.6 is 0 Å². The van der Waals surface area contributed by atoms with Crippen molar-refractivity contribution in [2.45, 2.75) is 53.2 Å². The van der Waals surface area contributed by atoms with Crippen LogP contribution in [0.3, 0.4) is 0 Å². The molecule has 0 radical (unpaired) electrons. The van der Waals surface area contributed by atoms with Crippen LogP contribution in [0.2, 0.25) is 0 Å². The average molecular weight is 885 g/mol. The number of rotatable bonds is 3. The van der Waals surface area contributed by atoms with Crippen molar-refractivity contribution in [2.75, 3.05) is 13.2 Å². The molecule has 0 amide bonds. The Morgan fingerprint density at radius 2 is 0.451 bits per heavy atom. The van der Waals surface area contributed by atoms with Gasteiger partial charge >= 0.3 is 0 Å². The molecule has 1 unspecified atom stereocenters. The van der Waals surface area contributed by atoms with Crippen LogP contribution in [0.1, 0.15) is 47.0 Å². The Balaban J connectivity index is 0.00000388. The van der Waals surface area contributed by atoms with E-state index in [0.29, 0.717) is 5.92 Å². The third-order valence-corrected chi connectivity index (χ3v) is 5.44. The first-order chi connectivity index (χ1) is 35.2. The van der Waals surface area contributed by atoms with Crippen LogP contribution in [0.5, 0.6) is 0 Å². The predicted molar refractivity (Wildman–Crippen MR) is 281 cm³/mol. The van der Waals surface area contributed by atoms with E-state index in [0.717, 1.165) is 19.6 Å². The monoisotopic (exact) mass is 884 g/mol. The second kappa shape index (κ2) is 53.3. The van der Waals surface area contributed by atoms with E-state index in [2.05, 4.69) is 357 Å². The lowest BCUT2D eigenvalue weighted by atomic mass is 10.2. The van der Waals surface area contributed by atoms with E-state index in [1.807, 2.05) is 0 Å². The molecule has 1 fully saturated rings. The zero-order valence-corrected chi connectivity index (χ0v) is 38.5. The summed E-state index contributed by atoms with van der Waals surface area (Å²) in [5.74, 6) is 146. The molecule has 0 aromatic heterocycles. The van der Waals surface area contributed by atoms with Crippen molar-refractivity contribution in [3.63, 3.8) is 0 Å². The van der Waals surface area contributed by atoms with E-state index in [9.17, 15) is 0 Å². The third-order valence-electron chi connectivity index (χ3n) is 5.44. The van der Waals surface area contributed by atoms with Gasteiger partial charge in [0, 0.05) is 243 Å². The second-order valence-electron chi connectivity index (χ2n) is 11.0. The molecule has 1 rings (SSSR count). The van der Waals surface area contributed by atoms with Crippen molar-refractivity contribution in [1.29, 1.82) is 0 Å². The summed E-state index contributed by atoms with van der Waals surface area (Å²) in [6, 6.07) is 0. The highest BCUT2D eigenvalue weighted by atomic mass is 16.7. The Bertz CT molecular complexity index is 3770. The molecule has 1 atom stereocenters. The number of hydrogen-bond acceptors (Lipinski definition) is 2. The molecule has 0 aromatic rings. The summed E-state index contributed by atoms with van der Waals surface area (Å²) >= 11 is 0. The molecular weight excluding hydrogens is 861 g/mol. The fraction of sp³-hybridized carbons (Fsp3) is 0.159. The number of ether oxygens (including phenoxy) is 2. The SMILES string of the molecule is CC#CC#CC#CC#CC#CC#CC#CC#CC#CC#CC#CC#CC#CC#CC#CC#CC#CC#CC#CC#CC#CC#CC#CC#CC#CC#CC#CC#CC#CC.CC(C)COC1CCCCO1. The van der Waals surface area contributed by atoms with Gasteiger partial charge in [0.05, 0.1) is 6.61 Å².